The summed E-state index contributed by atoms with van der Waals surface area (Å²) in [5, 5.41) is 11.7. The van der Waals surface area contributed by atoms with Gasteiger partial charge >= 0.3 is 5.97 Å². The van der Waals surface area contributed by atoms with Crippen LogP contribution >= 0.6 is 15.9 Å². The number of anilines is 1. The third-order valence-electron chi connectivity index (χ3n) is 2.98. The molecule has 2 N–H and O–H groups in total. The number of ether oxygens (including phenoxy) is 1. The predicted molar refractivity (Wildman–Crippen MR) is 73.3 cm³/mol. The van der Waals surface area contributed by atoms with Crippen molar-refractivity contribution >= 4 is 33.5 Å². The third kappa shape index (κ3) is 3.54. The number of carbonyl (C=O) groups excluding carboxylic acids is 1. The lowest BCUT2D eigenvalue weighted by molar-refractivity contribution is -0.119. The minimum Gasteiger partial charge on any atom is -0.478 e. The molecule has 0 radical (unpaired) electrons. The Hall–Kier alpha value is -1.40. The first-order valence-corrected chi connectivity index (χ1v) is 6.71. The fraction of sp³-hybridized carbons (Fsp3) is 0.385. The molecule has 1 aliphatic rings. The molecule has 19 heavy (non-hydrogen) atoms. The first kappa shape index (κ1) is 14.0. The van der Waals surface area contributed by atoms with Crippen LogP contribution in [0.15, 0.2) is 22.7 Å². The van der Waals surface area contributed by atoms with E-state index in [2.05, 4.69) is 21.2 Å². The lowest BCUT2D eigenvalue weighted by atomic mass is 10.1. The largest absolute Gasteiger partial charge is 0.478 e. The second-order valence-corrected chi connectivity index (χ2v) is 5.52. The van der Waals surface area contributed by atoms with E-state index < -0.39 is 5.97 Å². The third-order valence-corrected chi connectivity index (χ3v) is 3.44. The summed E-state index contributed by atoms with van der Waals surface area (Å²) in [7, 11) is 0. The number of rotatable bonds is 3. The van der Waals surface area contributed by atoms with Gasteiger partial charge in [-0.25, -0.2) is 4.79 Å². The molecule has 5 nitrogen and oxygen atoms in total. The maximum atomic E-state index is 12.0. The van der Waals surface area contributed by atoms with Crippen molar-refractivity contribution in [3.63, 3.8) is 0 Å². The van der Waals surface area contributed by atoms with Gasteiger partial charge in [-0.15, -0.1) is 0 Å². The highest BCUT2D eigenvalue weighted by Crippen LogP contribution is 2.23. The molecule has 0 spiro atoms. The molecule has 1 aromatic rings. The molecule has 0 aromatic heterocycles. The number of carboxylic acid groups (broad SMARTS) is 1. The summed E-state index contributed by atoms with van der Waals surface area (Å²) >= 11 is 3.22. The van der Waals surface area contributed by atoms with Gasteiger partial charge in [-0.1, -0.05) is 15.9 Å². The van der Waals surface area contributed by atoms with E-state index in [1.54, 1.807) is 6.07 Å². The Bertz CT molecular complexity index is 517. The van der Waals surface area contributed by atoms with Gasteiger partial charge < -0.3 is 15.2 Å². The van der Waals surface area contributed by atoms with Crippen molar-refractivity contribution in [1.29, 1.82) is 0 Å². The van der Waals surface area contributed by atoms with E-state index in [0.717, 1.165) is 0 Å². The molecule has 0 saturated carbocycles. The number of benzene rings is 1. The number of carboxylic acids is 1. The number of hydrogen-bond donors (Lipinski definition) is 2. The molecule has 1 fully saturated rings. The van der Waals surface area contributed by atoms with E-state index in [0.29, 0.717) is 23.2 Å². The molecule has 1 saturated heterocycles. The molecule has 2 atom stereocenters. The summed E-state index contributed by atoms with van der Waals surface area (Å²) in [5.41, 5.74) is 0.594. The van der Waals surface area contributed by atoms with E-state index >= 15 is 0 Å². The predicted octanol–water partition coefficient (Wildman–Crippen LogP) is 2.51. The molecule has 0 aliphatic carbocycles. The van der Waals surface area contributed by atoms with Gasteiger partial charge in [0.05, 0.1) is 24.2 Å². The minimum absolute atomic E-state index is 0.0906. The van der Waals surface area contributed by atoms with Crippen LogP contribution in [0.4, 0.5) is 5.69 Å². The van der Waals surface area contributed by atoms with Gasteiger partial charge in [0.25, 0.3) is 0 Å². The average Bonchev–Trinajstić information content (AvgIpc) is 2.75. The van der Waals surface area contributed by atoms with Gasteiger partial charge in [-0.05, 0) is 31.5 Å². The highest BCUT2D eigenvalue weighted by atomic mass is 79.9. The standard InChI is InChI=1S/C13H14BrNO4/c1-7-2-9(6-19-7)12(16)15-11-4-8(13(17)18)3-10(14)5-11/h3-5,7,9H,2,6H2,1H3,(H,15,16)(H,17,18). The van der Waals surface area contributed by atoms with Gasteiger partial charge in [0.1, 0.15) is 0 Å². The molecule has 2 unspecified atom stereocenters. The first-order chi connectivity index (χ1) is 8.95. The number of nitrogens with one attached hydrogen (secondary N) is 1. The lowest BCUT2D eigenvalue weighted by Gasteiger charge is -2.10. The van der Waals surface area contributed by atoms with Crippen LogP contribution in [0, 0.1) is 5.92 Å². The van der Waals surface area contributed by atoms with Crippen LogP contribution in [0.2, 0.25) is 0 Å². The molecular formula is C13H14BrNO4. The fourth-order valence-corrected chi connectivity index (χ4v) is 2.52. The van der Waals surface area contributed by atoms with E-state index in [1.165, 1.54) is 12.1 Å². The summed E-state index contributed by atoms with van der Waals surface area (Å²) in [6.07, 6.45) is 0.777. The fourth-order valence-electron chi connectivity index (χ4n) is 2.03. The molecule has 2 rings (SSSR count). The van der Waals surface area contributed by atoms with Crippen molar-refractivity contribution in [1.82, 2.24) is 0 Å². The number of halogens is 1. The Balaban J connectivity index is 2.10. The monoisotopic (exact) mass is 327 g/mol. The van der Waals surface area contributed by atoms with Crippen LogP contribution in [0.25, 0.3) is 0 Å². The van der Waals surface area contributed by atoms with E-state index in [-0.39, 0.29) is 23.5 Å². The van der Waals surface area contributed by atoms with Gasteiger partial charge in [-0.2, -0.15) is 0 Å². The van der Waals surface area contributed by atoms with Crippen LogP contribution in [0.5, 0.6) is 0 Å². The van der Waals surface area contributed by atoms with Crippen LogP contribution < -0.4 is 5.32 Å². The van der Waals surface area contributed by atoms with Crippen molar-refractivity contribution in [2.24, 2.45) is 5.92 Å². The topological polar surface area (TPSA) is 75.6 Å². The van der Waals surface area contributed by atoms with E-state index in [4.69, 9.17) is 9.84 Å². The van der Waals surface area contributed by atoms with Crippen LogP contribution in [-0.2, 0) is 9.53 Å². The molecule has 1 aromatic carbocycles. The van der Waals surface area contributed by atoms with Gasteiger partial charge in [0.15, 0.2) is 0 Å². The van der Waals surface area contributed by atoms with Crippen LogP contribution in [0.3, 0.4) is 0 Å². The number of hydrogen-bond acceptors (Lipinski definition) is 3. The summed E-state index contributed by atoms with van der Waals surface area (Å²) in [6.45, 7) is 2.34. The Labute approximate surface area is 119 Å². The molecule has 102 valence electrons. The maximum absolute atomic E-state index is 12.0. The van der Waals surface area contributed by atoms with Gasteiger partial charge in [0.2, 0.25) is 5.91 Å². The Morgan fingerprint density at radius 1 is 1.42 bits per heavy atom. The molecule has 1 heterocycles. The Morgan fingerprint density at radius 3 is 2.74 bits per heavy atom. The SMILES string of the molecule is CC1CC(C(=O)Nc2cc(Br)cc(C(=O)O)c2)CO1. The minimum atomic E-state index is -1.03. The van der Waals surface area contributed by atoms with E-state index in [1.807, 2.05) is 6.92 Å². The van der Waals surface area contributed by atoms with E-state index in [9.17, 15) is 9.59 Å². The van der Waals surface area contributed by atoms with Gasteiger partial charge in [-0.3, -0.25) is 4.79 Å². The quantitative estimate of drug-likeness (QED) is 0.894. The van der Waals surface area contributed by atoms with Gasteiger partial charge in [0, 0.05) is 10.2 Å². The van der Waals surface area contributed by atoms with Crippen LogP contribution in [0.1, 0.15) is 23.7 Å². The normalized spacial score (nSPS) is 22.2. The van der Waals surface area contributed by atoms with Crippen molar-refractivity contribution in [2.45, 2.75) is 19.4 Å². The highest BCUT2D eigenvalue weighted by Gasteiger charge is 2.28. The molecule has 0 bridgehead atoms. The van der Waals surface area contributed by atoms with Crippen molar-refractivity contribution in [2.75, 3.05) is 11.9 Å². The zero-order valence-corrected chi connectivity index (χ0v) is 11.9. The maximum Gasteiger partial charge on any atom is 0.335 e. The second kappa shape index (κ2) is 5.71. The second-order valence-electron chi connectivity index (χ2n) is 4.60. The summed E-state index contributed by atoms with van der Waals surface area (Å²) in [4.78, 5) is 22.9. The summed E-state index contributed by atoms with van der Waals surface area (Å²) < 4.78 is 5.96. The lowest BCUT2D eigenvalue weighted by Crippen LogP contribution is -2.23. The number of amides is 1. The first-order valence-electron chi connectivity index (χ1n) is 5.92. The molecule has 1 amide bonds. The summed E-state index contributed by atoms with van der Waals surface area (Å²) in [6, 6.07) is 4.59. The van der Waals surface area contributed by atoms with Crippen molar-refractivity contribution in [3.8, 4) is 0 Å². The Morgan fingerprint density at radius 2 is 2.16 bits per heavy atom. The highest BCUT2D eigenvalue weighted by molar-refractivity contribution is 9.10. The average molecular weight is 328 g/mol. The molecular weight excluding hydrogens is 314 g/mol. The number of aromatic carboxylic acids is 1. The Kier molecular flexibility index (Phi) is 4.21. The zero-order valence-electron chi connectivity index (χ0n) is 10.4. The number of carbonyl (C=O) groups is 2. The smallest absolute Gasteiger partial charge is 0.335 e. The van der Waals surface area contributed by atoms with Crippen molar-refractivity contribution < 1.29 is 19.4 Å². The summed E-state index contributed by atoms with van der Waals surface area (Å²) in [5.74, 6) is -1.35. The zero-order chi connectivity index (χ0) is 14.0. The van der Waals surface area contributed by atoms with Crippen LogP contribution in [-0.4, -0.2) is 29.7 Å². The molecule has 1 aliphatic heterocycles. The molecule has 6 heteroatoms. The van der Waals surface area contributed by atoms with Crippen molar-refractivity contribution in [3.05, 3.63) is 28.2 Å².